The van der Waals surface area contributed by atoms with Crippen LogP contribution in [0, 0.1) is 6.92 Å². The minimum Gasteiger partial charge on any atom is -0.494 e. The number of aromatic nitrogens is 2. The zero-order chi connectivity index (χ0) is 20.8. The third-order valence-corrected chi connectivity index (χ3v) is 5.93. The molecular formula is C25H30N2O3. The fourth-order valence-electron chi connectivity index (χ4n) is 4.12. The molecule has 30 heavy (non-hydrogen) atoms. The Balaban J connectivity index is 1.30. The largest absolute Gasteiger partial charge is 0.494 e. The molecule has 0 atom stereocenters. The molecule has 0 radical (unpaired) electrons. The molecule has 1 aliphatic carbocycles. The van der Waals surface area contributed by atoms with Crippen molar-refractivity contribution in [1.82, 2.24) is 10.2 Å². The van der Waals surface area contributed by atoms with Gasteiger partial charge in [-0.15, -0.1) is 10.2 Å². The van der Waals surface area contributed by atoms with Gasteiger partial charge in [-0.3, -0.25) is 0 Å². The maximum absolute atomic E-state index is 6.01. The molecule has 0 bridgehead atoms. The standard InChI is InChI=1S/C25H30N2O3/c1-18-4-6-21(7-5-18)24-26-27-25(30-24)22-10-8-19(9-11-22)20-12-14-23(15-13-20)29-17-3-16-28-2/h4-7,12-15,19,22H,3,8-11,16-17H2,1-2H3. The molecule has 1 aliphatic rings. The summed E-state index contributed by atoms with van der Waals surface area (Å²) in [4.78, 5) is 0. The van der Waals surface area contributed by atoms with E-state index in [2.05, 4.69) is 53.5 Å². The molecule has 2 aromatic carbocycles. The predicted octanol–water partition coefficient (Wildman–Crippen LogP) is 5.90. The lowest BCUT2D eigenvalue weighted by Gasteiger charge is -2.27. The Kier molecular flexibility index (Phi) is 6.80. The molecule has 158 valence electrons. The van der Waals surface area contributed by atoms with Gasteiger partial charge in [0.2, 0.25) is 11.8 Å². The number of hydrogen-bond acceptors (Lipinski definition) is 5. The average molecular weight is 407 g/mol. The van der Waals surface area contributed by atoms with Crippen LogP contribution in [0.15, 0.2) is 52.9 Å². The van der Waals surface area contributed by atoms with Crippen molar-refractivity contribution in [3.05, 3.63) is 65.5 Å². The highest BCUT2D eigenvalue weighted by molar-refractivity contribution is 5.52. The lowest BCUT2D eigenvalue weighted by Crippen LogP contribution is -2.12. The number of rotatable bonds is 8. The highest BCUT2D eigenvalue weighted by Gasteiger charge is 2.27. The fraction of sp³-hybridized carbons (Fsp3) is 0.440. The van der Waals surface area contributed by atoms with Gasteiger partial charge < -0.3 is 13.9 Å². The monoisotopic (exact) mass is 406 g/mol. The third kappa shape index (κ3) is 5.08. The number of hydrogen-bond donors (Lipinski definition) is 0. The summed E-state index contributed by atoms with van der Waals surface area (Å²) in [6.45, 7) is 3.49. The molecule has 0 N–H and O–H groups in total. The van der Waals surface area contributed by atoms with E-state index in [1.54, 1.807) is 7.11 Å². The first-order valence-corrected chi connectivity index (χ1v) is 10.8. The van der Waals surface area contributed by atoms with E-state index in [0.29, 0.717) is 24.3 Å². The topological polar surface area (TPSA) is 57.4 Å². The summed E-state index contributed by atoms with van der Waals surface area (Å²) in [6, 6.07) is 16.8. The Morgan fingerprint density at radius 2 is 1.57 bits per heavy atom. The summed E-state index contributed by atoms with van der Waals surface area (Å²) >= 11 is 0. The van der Waals surface area contributed by atoms with Crippen LogP contribution in [0.1, 0.15) is 61.0 Å². The average Bonchev–Trinajstić information content (AvgIpc) is 3.28. The van der Waals surface area contributed by atoms with Crippen LogP contribution in [0.5, 0.6) is 5.75 Å². The molecule has 0 amide bonds. The Labute approximate surface area is 178 Å². The van der Waals surface area contributed by atoms with Crippen molar-refractivity contribution in [3.8, 4) is 17.2 Å². The van der Waals surface area contributed by atoms with Crippen LogP contribution in [0.25, 0.3) is 11.5 Å². The van der Waals surface area contributed by atoms with E-state index >= 15 is 0 Å². The van der Waals surface area contributed by atoms with Crippen molar-refractivity contribution >= 4 is 0 Å². The van der Waals surface area contributed by atoms with E-state index in [-0.39, 0.29) is 0 Å². The molecule has 0 unspecified atom stereocenters. The number of ether oxygens (including phenoxy) is 2. The van der Waals surface area contributed by atoms with Crippen LogP contribution < -0.4 is 4.74 Å². The number of benzene rings is 2. The lowest BCUT2D eigenvalue weighted by molar-refractivity contribution is 0.172. The molecule has 0 saturated heterocycles. The van der Waals surface area contributed by atoms with E-state index in [9.17, 15) is 0 Å². The van der Waals surface area contributed by atoms with E-state index in [0.717, 1.165) is 55.9 Å². The molecule has 1 heterocycles. The number of nitrogens with zero attached hydrogens (tertiary/aromatic N) is 2. The van der Waals surface area contributed by atoms with Gasteiger partial charge in [-0.1, -0.05) is 29.8 Å². The molecule has 0 spiro atoms. The summed E-state index contributed by atoms with van der Waals surface area (Å²) < 4.78 is 16.8. The first-order valence-electron chi connectivity index (χ1n) is 10.8. The van der Waals surface area contributed by atoms with E-state index in [4.69, 9.17) is 13.9 Å². The zero-order valence-corrected chi connectivity index (χ0v) is 17.8. The smallest absolute Gasteiger partial charge is 0.247 e. The lowest BCUT2D eigenvalue weighted by atomic mass is 9.78. The number of methoxy groups -OCH3 is 1. The van der Waals surface area contributed by atoms with E-state index < -0.39 is 0 Å². The Bertz CT molecular complexity index is 910. The Morgan fingerprint density at radius 3 is 2.27 bits per heavy atom. The van der Waals surface area contributed by atoms with Crippen LogP contribution in [-0.4, -0.2) is 30.5 Å². The third-order valence-electron chi connectivity index (χ3n) is 5.93. The summed E-state index contributed by atoms with van der Waals surface area (Å²) in [5.41, 5.74) is 3.60. The quantitative estimate of drug-likeness (QED) is 0.436. The van der Waals surface area contributed by atoms with Crippen LogP contribution >= 0.6 is 0 Å². The van der Waals surface area contributed by atoms with Crippen LogP contribution in [0.4, 0.5) is 0 Å². The van der Waals surface area contributed by atoms with Gasteiger partial charge in [0, 0.05) is 31.6 Å². The van der Waals surface area contributed by atoms with Crippen molar-refractivity contribution in [2.75, 3.05) is 20.3 Å². The second-order valence-corrected chi connectivity index (χ2v) is 8.12. The Hall–Kier alpha value is -2.66. The van der Waals surface area contributed by atoms with Crippen LogP contribution in [-0.2, 0) is 4.74 Å². The maximum atomic E-state index is 6.01. The second-order valence-electron chi connectivity index (χ2n) is 8.12. The van der Waals surface area contributed by atoms with Crippen molar-refractivity contribution in [2.24, 2.45) is 0 Å². The van der Waals surface area contributed by atoms with Gasteiger partial charge in [0.25, 0.3) is 0 Å². The van der Waals surface area contributed by atoms with Crippen molar-refractivity contribution in [1.29, 1.82) is 0 Å². The second kappa shape index (κ2) is 9.90. The van der Waals surface area contributed by atoms with E-state index in [1.807, 2.05) is 12.1 Å². The molecule has 5 nitrogen and oxygen atoms in total. The predicted molar refractivity (Wildman–Crippen MR) is 117 cm³/mol. The van der Waals surface area contributed by atoms with Gasteiger partial charge in [0.15, 0.2) is 0 Å². The molecular weight excluding hydrogens is 376 g/mol. The molecule has 1 fully saturated rings. The van der Waals surface area contributed by atoms with Crippen molar-refractivity contribution < 1.29 is 13.9 Å². The molecule has 1 aromatic heterocycles. The molecule has 1 saturated carbocycles. The van der Waals surface area contributed by atoms with Gasteiger partial charge in [-0.2, -0.15) is 0 Å². The SMILES string of the molecule is COCCCOc1ccc(C2CCC(c3nnc(-c4ccc(C)cc4)o3)CC2)cc1. The first-order chi connectivity index (χ1) is 14.7. The van der Waals surface area contributed by atoms with E-state index in [1.165, 1.54) is 11.1 Å². The minimum absolute atomic E-state index is 0.358. The van der Waals surface area contributed by atoms with Gasteiger partial charge >= 0.3 is 0 Å². The van der Waals surface area contributed by atoms with Crippen LogP contribution in [0.2, 0.25) is 0 Å². The highest BCUT2D eigenvalue weighted by atomic mass is 16.5. The van der Waals surface area contributed by atoms with Crippen molar-refractivity contribution in [2.45, 2.75) is 50.9 Å². The molecule has 5 heteroatoms. The Morgan fingerprint density at radius 1 is 0.867 bits per heavy atom. The van der Waals surface area contributed by atoms with Crippen molar-refractivity contribution in [3.63, 3.8) is 0 Å². The molecule has 4 rings (SSSR count). The summed E-state index contributed by atoms with van der Waals surface area (Å²) in [7, 11) is 1.71. The summed E-state index contributed by atoms with van der Waals surface area (Å²) in [5, 5.41) is 8.62. The van der Waals surface area contributed by atoms with Gasteiger partial charge in [-0.05, 0) is 68.4 Å². The highest BCUT2D eigenvalue weighted by Crippen LogP contribution is 2.40. The minimum atomic E-state index is 0.358. The molecule has 0 aliphatic heterocycles. The van der Waals surface area contributed by atoms with Gasteiger partial charge in [0.05, 0.1) is 6.61 Å². The maximum Gasteiger partial charge on any atom is 0.247 e. The number of aryl methyl sites for hydroxylation is 1. The fourth-order valence-corrected chi connectivity index (χ4v) is 4.12. The zero-order valence-electron chi connectivity index (χ0n) is 17.8. The van der Waals surface area contributed by atoms with Gasteiger partial charge in [0.1, 0.15) is 5.75 Å². The molecule has 3 aromatic rings. The first kappa shape index (κ1) is 20.6. The normalized spacial score (nSPS) is 19.0. The van der Waals surface area contributed by atoms with Crippen LogP contribution in [0.3, 0.4) is 0 Å². The summed E-state index contributed by atoms with van der Waals surface area (Å²) in [6.07, 6.45) is 5.34. The summed E-state index contributed by atoms with van der Waals surface area (Å²) in [5.74, 6) is 3.27. The van der Waals surface area contributed by atoms with Gasteiger partial charge in [-0.25, -0.2) is 0 Å².